The lowest BCUT2D eigenvalue weighted by molar-refractivity contribution is -0.141. The molecule has 0 spiro atoms. The Hall–Kier alpha value is -5.51. The molecule has 49 heavy (non-hydrogen) atoms. The second kappa shape index (κ2) is 19.3. The number of nitrogens with one attached hydrogen (secondary N) is 6. The van der Waals surface area contributed by atoms with Gasteiger partial charge in [-0.3, -0.25) is 33.6 Å². The number of phenolic OH excluding ortho intramolecular Hbond substituents is 1. The van der Waals surface area contributed by atoms with Gasteiger partial charge in [0.05, 0.1) is 19.1 Å². The first-order valence-electron chi connectivity index (χ1n) is 15.6. The number of carboxylic acids is 1. The molecule has 266 valence electrons. The third kappa shape index (κ3) is 14.0. The Balaban J connectivity index is 2.00. The second-order valence-corrected chi connectivity index (χ2v) is 11.8. The molecular formula is C33H45N7O9. The van der Waals surface area contributed by atoms with Crippen LogP contribution in [-0.4, -0.2) is 94.9 Å². The number of carbonyl (C=O) groups excluding carboxylic acids is 6. The lowest BCUT2D eigenvalue weighted by Gasteiger charge is -2.22. The molecule has 0 saturated carbocycles. The molecular weight excluding hydrogens is 638 g/mol. The number of amides is 6. The minimum absolute atomic E-state index is 0.0212. The summed E-state index contributed by atoms with van der Waals surface area (Å²) in [5.74, 6) is -5.63. The second-order valence-electron chi connectivity index (χ2n) is 11.8. The Morgan fingerprint density at radius 1 is 0.612 bits per heavy atom. The minimum Gasteiger partial charge on any atom is -0.508 e. The smallest absolute Gasteiger partial charge is 0.325 e. The van der Waals surface area contributed by atoms with Crippen molar-refractivity contribution in [2.24, 2.45) is 11.7 Å². The van der Waals surface area contributed by atoms with Crippen LogP contribution in [0.1, 0.15) is 38.8 Å². The van der Waals surface area contributed by atoms with Gasteiger partial charge in [-0.05, 0) is 43.0 Å². The van der Waals surface area contributed by atoms with Crippen LogP contribution in [0.4, 0.5) is 0 Å². The molecule has 0 saturated heterocycles. The third-order valence-corrected chi connectivity index (χ3v) is 7.32. The van der Waals surface area contributed by atoms with Crippen molar-refractivity contribution >= 4 is 41.4 Å². The molecule has 6 amide bonds. The molecule has 0 aliphatic rings. The van der Waals surface area contributed by atoms with Crippen LogP contribution in [0.25, 0.3) is 0 Å². The highest BCUT2D eigenvalue weighted by Gasteiger charge is 2.28. The molecule has 0 unspecified atom stereocenters. The van der Waals surface area contributed by atoms with Gasteiger partial charge in [0.1, 0.15) is 29.9 Å². The van der Waals surface area contributed by atoms with Crippen LogP contribution in [0.15, 0.2) is 54.6 Å². The summed E-state index contributed by atoms with van der Waals surface area (Å²) in [4.78, 5) is 87.5. The van der Waals surface area contributed by atoms with Gasteiger partial charge in [0.2, 0.25) is 35.4 Å². The van der Waals surface area contributed by atoms with Crippen LogP contribution in [-0.2, 0) is 46.4 Å². The Bertz CT molecular complexity index is 1470. The molecule has 5 atom stereocenters. The fraction of sp³-hybridized carbons (Fsp3) is 0.424. The monoisotopic (exact) mass is 683 g/mol. The van der Waals surface area contributed by atoms with Crippen molar-refractivity contribution in [1.29, 1.82) is 0 Å². The van der Waals surface area contributed by atoms with Gasteiger partial charge in [0.15, 0.2) is 0 Å². The molecule has 2 aromatic rings. The standard InChI is InChI=1S/C33H45N7O9/c1-18(2)28(34)32(47)40-24(15-22-10-12-23(41)13-11-22)30(45)36-16-26(42)35-17-27(43)39-25(14-21-8-6-5-7-9-21)31(46)37-19(3)29(44)38-20(4)33(48)49/h5-13,18-20,24-25,28,41H,14-17,34H2,1-4H3,(H,35,42)(H,36,45)(H,37,46)(H,38,44)(H,39,43)(H,40,47)(H,48,49)/t19-,20-,24-,25-,28-/m0/s1. The third-order valence-electron chi connectivity index (χ3n) is 7.32. The molecule has 2 aromatic carbocycles. The Morgan fingerprint density at radius 2 is 1.14 bits per heavy atom. The highest BCUT2D eigenvalue weighted by atomic mass is 16.4. The van der Waals surface area contributed by atoms with Crippen molar-refractivity contribution in [2.45, 2.75) is 70.7 Å². The molecule has 0 heterocycles. The zero-order chi connectivity index (χ0) is 36.7. The van der Waals surface area contributed by atoms with Crippen LogP contribution in [0.5, 0.6) is 5.75 Å². The highest BCUT2D eigenvalue weighted by molar-refractivity contribution is 5.95. The van der Waals surface area contributed by atoms with Gasteiger partial charge in [-0.2, -0.15) is 0 Å². The van der Waals surface area contributed by atoms with Gasteiger partial charge < -0.3 is 47.8 Å². The van der Waals surface area contributed by atoms with Gasteiger partial charge in [-0.25, -0.2) is 0 Å². The summed E-state index contributed by atoms with van der Waals surface area (Å²) in [7, 11) is 0. The lowest BCUT2D eigenvalue weighted by Crippen LogP contribution is -2.56. The van der Waals surface area contributed by atoms with Gasteiger partial charge in [-0.15, -0.1) is 0 Å². The van der Waals surface area contributed by atoms with E-state index in [1.807, 2.05) is 0 Å². The summed E-state index contributed by atoms with van der Waals surface area (Å²) in [6, 6.07) is 9.26. The molecule has 16 nitrogen and oxygen atoms in total. The average Bonchev–Trinajstić information content (AvgIpc) is 3.06. The molecule has 16 heteroatoms. The summed E-state index contributed by atoms with van der Waals surface area (Å²) in [6.07, 6.45) is 0.0767. The topological polar surface area (TPSA) is 258 Å². The van der Waals surface area contributed by atoms with E-state index in [9.17, 15) is 38.7 Å². The number of aliphatic carboxylic acids is 1. The number of carbonyl (C=O) groups is 7. The molecule has 0 aromatic heterocycles. The minimum atomic E-state index is -1.25. The first kappa shape index (κ1) is 39.7. The van der Waals surface area contributed by atoms with E-state index in [2.05, 4.69) is 31.9 Å². The van der Waals surface area contributed by atoms with Crippen molar-refractivity contribution in [3.05, 3.63) is 65.7 Å². The van der Waals surface area contributed by atoms with Crippen LogP contribution < -0.4 is 37.6 Å². The number of hydrogen-bond acceptors (Lipinski definition) is 9. The van der Waals surface area contributed by atoms with Gasteiger partial charge in [0, 0.05) is 12.8 Å². The Labute approximate surface area is 284 Å². The summed E-state index contributed by atoms with van der Waals surface area (Å²) >= 11 is 0. The molecule has 0 aliphatic heterocycles. The van der Waals surface area contributed by atoms with Crippen LogP contribution >= 0.6 is 0 Å². The lowest BCUT2D eigenvalue weighted by atomic mass is 10.0. The van der Waals surface area contributed by atoms with Crippen LogP contribution in [0.3, 0.4) is 0 Å². The number of rotatable bonds is 18. The molecule has 0 fully saturated rings. The number of carboxylic acid groups (broad SMARTS) is 1. The summed E-state index contributed by atoms with van der Waals surface area (Å²) in [5, 5.41) is 33.2. The summed E-state index contributed by atoms with van der Waals surface area (Å²) in [6.45, 7) is 5.03. The molecule has 10 N–H and O–H groups in total. The zero-order valence-electron chi connectivity index (χ0n) is 27.8. The van der Waals surface area contributed by atoms with Crippen molar-refractivity contribution < 1.29 is 43.8 Å². The number of phenols is 1. The average molecular weight is 684 g/mol. The van der Waals surface area contributed by atoms with Crippen LogP contribution in [0.2, 0.25) is 0 Å². The quantitative estimate of drug-likeness (QED) is 0.0875. The normalized spacial score (nSPS) is 13.8. The van der Waals surface area contributed by atoms with E-state index in [1.54, 1.807) is 56.3 Å². The maximum Gasteiger partial charge on any atom is 0.325 e. The molecule has 0 radical (unpaired) electrons. The number of benzene rings is 2. The number of aromatic hydroxyl groups is 1. The Morgan fingerprint density at radius 3 is 1.71 bits per heavy atom. The maximum absolute atomic E-state index is 13.1. The van der Waals surface area contributed by atoms with Gasteiger partial charge in [0.25, 0.3) is 0 Å². The fourth-order valence-electron chi connectivity index (χ4n) is 4.26. The predicted octanol–water partition coefficient (Wildman–Crippen LogP) is -1.54. The highest BCUT2D eigenvalue weighted by Crippen LogP contribution is 2.12. The summed E-state index contributed by atoms with van der Waals surface area (Å²) in [5.41, 5.74) is 7.24. The van der Waals surface area contributed by atoms with Crippen molar-refractivity contribution in [1.82, 2.24) is 31.9 Å². The van der Waals surface area contributed by atoms with Crippen molar-refractivity contribution in [3.8, 4) is 5.75 Å². The van der Waals surface area contributed by atoms with E-state index in [1.165, 1.54) is 26.0 Å². The SMILES string of the molecule is CC(C)[C@H](N)C(=O)N[C@@H](Cc1ccc(O)cc1)C(=O)NCC(=O)NCC(=O)N[C@@H](Cc1ccccc1)C(=O)N[C@@H](C)C(=O)N[C@@H](C)C(=O)O. The summed E-state index contributed by atoms with van der Waals surface area (Å²) < 4.78 is 0. The van der Waals surface area contributed by atoms with E-state index in [0.29, 0.717) is 11.1 Å². The molecule has 0 bridgehead atoms. The van der Waals surface area contributed by atoms with E-state index in [-0.39, 0.29) is 24.5 Å². The van der Waals surface area contributed by atoms with E-state index in [4.69, 9.17) is 10.8 Å². The maximum atomic E-state index is 13.1. The number of hydrogen-bond donors (Lipinski definition) is 9. The number of nitrogens with two attached hydrogens (primary N) is 1. The van der Waals surface area contributed by atoms with Crippen LogP contribution in [0, 0.1) is 5.92 Å². The van der Waals surface area contributed by atoms with E-state index < -0.39 is 84.7 Å². The van der Waals surface area contributed by atoms with Crippen molar-refractivity contribution in [2.75, 3.05) is 13.1 Å². The molecule has 2 rings (SSSR count). The largest absolute Gasteiger partial charge is 0.508 e. The predicted molar refractivity (Wildman–Crippen MR) is 177 cm³/mol. The molecule has 0 aliphatic carbocycles. The Kier molecular flexibility index (Phi) is 15.7. The first-order valence-corrected chi connectivity index (χ1v) is 15.6. The van der Waals surface area contributed by atoms with Crippen molar-refractivity contribution in [3.63, 3.8) is 0 Å². The van der Waals surface area contributed by atoms with E-state index >= 15 is 0 Å². The first-order chi connectivity index (χ1) is 23.1. The van der Waals surface area contributed by atoms with Gasteiger partial charge >= 0.3 is 5.97 Å². The van der Waals surface area contributed by atoms with E-state index in [0.717, 1.165) is 0 Å². The fourth-order valence-corrected chi connectivity index (χ4v) is 4.26. The van der Waals surface area contributed by atoms with Gasteiger partial charge in [-0.1, -0.05) is 56.3 Å². The zero-order valence-corrected chi connectivity index (χ0v) is 27.8.